The minimum absolute atomic E-state index is 0.217. The van der Waals surface area contributed by atoms with Crippen LogP contribution >= 0.6 is 0 Å². The zero-order chi connectivity index (χ0) is 14.5. The standard InChI is InChI=1S/C15H18N2O3/c1-10-5-6-12(16)8-14(10)17-15(18)11(2)20-9-13-4-3-7-19-13/h3-8,11H,9,16H2,1-2H3,(H,17,18). The van der Waals surface area contributed by atoms with Gasteiger partial charge in [0.25, 0.3) is 5.91 Å². The van der Waals surface area contributed by atoms with Crippen LogP contribution < -0.4 is 11.1 Å². The van der Waals surface area contributed by atoms with Gasteiger partial charge in [-0.25, -0.2) is 0 Å². The summed E-state index contributed by atoms with van der Waals surface area (Å²) in [7, 11) is 0. The van der Waals surface area contributed by atoms with Crippen LogP contribution in [0.1, 0.15) is 18.2 Å². The Balaban J connectivity index is 1.92. The van der Waals surface area contributed by atoms with Crippen molar-refractivity contribution in [3.05, 3.63) is 47.9 Å². The summed E-state index contributed by atoms with van der Waals surface area (Å²) in [6.45, 7) is 3.86. The molecule has 5 nitrogen and oxygen atoms in total. The number of nitrogens with one attached hydrogen (secondary N) is 1. The molecule has 0 bridgehead atoms. The van der Waals surface area contributed by atoms with Gasteiger partial charge in [-0.2, -0.15) is 0 Å². The van der Waals surface area contributed by atoms with Crippen molar-refractivity contribution in [2.45, 2.75) is 26.6 Å². The van der Waals surface area contributed by atoms with Crippen molar-refractivity contribution in [1.29, 1.82) is 0 Å². The van der Waals surface area contributed by atoms with Gasteiger partial charge < -0.3 is 20.2 Å². The lowest BCUT2D eigenvalue weighted by atomic mass is 10.2. The molecule has 0 saturated heterocycles. The van der Waals surface area contributed by atoms with Gasteiger partial charge in [0.05, 0.1) is 6.26 Å². The van der Waals surface area contributed by atoms with Gasteiger partial charge in [0.2, 0.25) is 0 Å². The molecule has 0 spiro atoms. The van der Waals surface area contributed by atoms with E-state index in [0.717, 1.165) is 5.56 Å². The molecule has 0 aliphatic rings. The third-order valence-corrected chi connectivity index (χ3v) is 2.94. The van der Waals surface area contributed by atoms with Gasteiger partial charge in [-0.15, -0.1) is 0 Å². The van der Waals surface area contributed by atoms with Crippen LogP contribution in [0.4, 0.5) is 11.4 Å². The van der Waals surface area contributed by atoms with E-state index in [1.54, 1.807) is 37.5 Å². The maximum absolute atomic E-state index is 12.0. The van der Waals surface area contributed by atoms with Crippen LogP contribution in [0.2, 0.25) is 0 Å². The number of rotatable bonds is 5. The van der Waals surface area contributed by atoms with Crippen molar-refractivity contribution in [1.82, 2.24) is 0 Å². The number of hydrogen-bond donors (Lipinski definition) is 2. The lowest BCUT2D eigenvalue weighted by Gasteiger charge is -2.14. The molecule has 2 aromatic rings. The Morgan fingerprint density at radius 3 is 2.95 bits per heavy atom. The van der Waals surface area contributed by atoms with Crippen molar-refractivity contribution in [3.8, 4) is 0 Å². The Morgan fingerprint density at radius 2 is 2.25 bits per heavy atom. The number of amides is 1. The number of aryl methyl sites for hydroxylation is 1. The summed E-state index contributed by atoms with van der Waals surface area (Å²) in [6.07, 6.45) is 0.987. The van der Waals surface area contributed by atoms with E-state index in [1.807, 2.05) is 13.0 Å². The van der Waals surface area contributed by atoms with Crippen molar-refractivity contribution in [2.24, 2.45) is 0 Å². The molecule has 3 N–H and O–H groups in total. The third kappa shape index (κ3) is 3.61. The van der Waals surface area contributed by atoms with E-state index in [1.165, 1.54) is 0 Å². The maximum Gasteiger partial charge on any atom is 0.253 e. The fourth-order valence-corrected chi connectivity index (χ4v) is 1.69. The van der Waals surface area contributed by atoms with Gasteiger partial charge in [0, 0.05) is 11.4 Å². The quantitative estimate of drug-likeness (QED) is 0.822. The van der Waals surface area contributed by atoms with Gasteiger partial charge in [0.15, 0.2) is 0 Å². The van der Waals surface area contributed by atoms with Gasteiger partial charge in [-0.1, -0.05) is 6.07 Å². The zero-order valence-corrected chi connectivity index (χ0v) is 11.6. The Hall–Kier alpha value is -2.27. The van der Waals surface area contributed by atoms with E-state index in [2.05, 4.69) is 5.32 Å². The molecular formula is C15H18N2O3. The molecular weight excluding hydrogens is 256 g/mol. The maximum atomic E-state index is 12.0. The highest BCUT2D eigenvalue weighted by atomic mass is 16.5. The van der Waals surface area contributed by atoms with Crippen molar-refractivity contribution < 1.29 is 13.9 Å². The van der Waals surface area contributed by atoms with Crippen LogP contribution in [0.5, 0.6) is 0 Å². The second-order valence-electron chi connectivity index (χ2n) is 4.60. The molecule has 2 rings (SSSR count). The number of hydrogen-bond acceptors (Lipinski definition) is 4. The monoisotopic (exact) mass is 274 g/mol. The predicted octanol–water partition coefficient (Wildman–Crippen LogP) is 2.71. The van der Waals surface area contributed by atoms with E-state index in [4.69, 9.17) is 14.9 Å². The lowest BCUT2D eigenvalue weighted by Crippen LogP contribution is -2.27. The number of nitrogen functional groups attached to an aromatic ring is 1. The molecule has 5 heteroatoms. The summed E-state index contributed by atoms with van der Waals surface area (Å²) in [5.74, 6) is 0.468. The Bertz CT molecular complexity index is 579. The second kappa shape index (κ2) is 6.25. The first-order chi connectivity index (χ1) is 9.56. The van der Waals surface area contributed by atoms with E-state index in [9.17, 15) is 4.79 Å². The highest BCUT2D eigenvalue weighted by Crippen LogP contribution is 2.18. The topological polar surface area (TPSA) is 77.5 Å². The average molecular weight is 274 g/mol. The van der Waals surface area contributed by atoms with Crippen LogP contribution in [0.25, 0.3) is 0 Å². The minimum Gasteiger partial charge on any atom is -0.467 e. The highest BCUT2D eigenvalue weighted by Gasteiger charge is 2.15. The predicted molar refractivity (Wildman–Crippen MR) is 77.2 cm³/mol. The molecule has 1 heterocycles. The summed E-state index contributed by atoms with van der Waals surface area (Å²) in [4.78, 5) is 12.0. The van der Waals surface area contributed by atoms with Crippen molar-refractivity contribution in [3.63, 3.8) is 0 Å². The molecule has 1 unspecified atom stereocenters. The van der Waals surface area contributed by atoms with Crippen LogP contribution in [0.3, 0.4) is 0 Å². The van der Waals surface area contributed by atoms with Gasteiger partial charge in [-0.3, -0.25) is 4.79 Å². The number of carbonyl (C=O) groups excluding carboxylic acids is 1. The Labute approximate surface area is 117 Å². The van der Waals surface area contributed by atoms with Crippen LogP contribution in [0.15, 0.2) is 41.0 Å². The molecule has 0 aliphatic heterocycles. The van der Waals surface area contributed by atoms with Gasteiger partial charge >= 0.3 is 0 Å². The molecule has 0 saturated carbocycles. The van der Waals surface area contributed by atoms with E-state index < -0.39 is 6.10 Å². The van der Waals surface area contributed by atoms with Crippen LogP contribution in [0, 0.1) is 6.92 Å². The second-order valence-corrected chi connectivity index (χ2v) is 4.60. The summed E-state index contributed by atoms with van der Waals surface area (Å²) < 4.78 is 10.6. The molecule has 0 radical (unpaired) electrons. The van der Waals surface area contributed by atoms with Crippen LogP contribution in [-0.4, -0.2) is 12.0 Å². The number of ether oxygens (including phenoxy) is 1. The number of furan rings is 1. The minimum atomic E-state index is -0.582. The molecule has 1 amide bonds. The van der Waals surface area contributed by atoms with Crippen LogP contribution in [-0.2, 0) is 16.1 Å². The number of anilines is 2. The largest absolute Gasteiger partial charge is 0.467 e. The molecule has 1 atom stereocenters. The normalized spacial score (nSPS) is 12.1. The van der Waals surface area contributed by atoms with E-state index in [0.29, 0.717) is 17.1 Å². The summed E-state index contributed by atoms with van der Waals surface area (Å²) >= 11 is 0. The van der Waals surface area contributed by atoms with E-state index in [-0.39, 0.29) is 12.5 Å². The number of benzene rings is 1. The molecule has 0 fully saturated rings. The van der Waals surface area contributed by atoms with Crippen molar-refractivity contribution in [2.75, 3.05) is 11.1 Å². The summed E-state index contributed by atoms with van der Waals surface area (Å²) in [5, 5.41) is 2.81. The zero-order valence-electron chi connectivity index (χ0n) is 11.6. The molecule has 20 heavy (non-hydrogen) atoms. The first-order valence-corrected chi connectivity index (χ1v) is 6.37. The molecule has 0 aliphatic carbocycles. The molecule has 1 aromatic heterocycles. The first kappa shape index (κ1) is 14.1. The SMILES string of the molecule is Cc1ccc(N)cc1NC(=O)C(C)OCc1ccco1. The lowest BCUT2D eigenvalue weighted by molar-refractivity contribution is -0.127. The van der Waals surface area contributed by atoms with E-state index >= 15 is 0 Å². The average Bonchev–Trinajstić information content (AvgIpc) is 2.93. The fraction of sp³-hybridized carbons (Fsp3) is 0.267. The highest BCUT2D eigenvalue weighted by molar-refractivity contribution is 5.95. The number of carbonyl (C=O) groups is 1. The Kier molecular flexibility index (Phi) is 4.42. The third-order valence-electron chi connectivity index (χ3n) is 2.94. The summed E-state index contributed by atoms with van der Waals surface area (Å²) in [6, 6.07) is 8.96. The molecule has 106 valence electrons. The smallest absolute Gasteiger partial charge is 0.253 e. The van der Waals surface area contributed by atoms with Gasteiger partial charge in [-0.05, 0) is 43.7 Å². The summed E-state index contributed by atoms with van der Waals surface area (Å²) in [5.41, 5.74) is 7.96. The fourth-order valence-electron chi connectivity index (χ4n) is 1.69. The first-order valence-electron chi connectivity index (χ1n) is 6.37. The number of nitrogens with two attached hydrogens (primary N) is 1. The molecule has 1 aromatic carbocycles. The Morgan fingerprint density at radius 1 is 1.45 bits per heavy atom. The van der Waals surface area contributed by atoms with Crippen molar-refractivity contribution >= 4 is 17.3 Å². The van der Waals surface area contributed by atoms with Gasteiger partial charge in [0.1, 0.15) is 18.5 Å².